The number of alkyl halides is 6. The van der Waals surface area contributed by atoms with Crippen molar-refractivity contribution in [2.75, 3.05) is 6.61 Å². The summed E-state index contributed by atoms with van der Waals surface area (Å²) in [5.41, 5.74) is -2.67. The third-order valence-electron chi connectivity index (χ3n) is 4.68. The highest BCUT2D eigenvalue weighted by Crippen LogP contribution is 2.39. The van der Waals surface area contributed by atoms with E-state index in [2.05, 4.69) is 5.32 Å². The molecule has 2 N–H and O–H groups in total. The predicted molar refractivity (Wildman–Crippen MR) is 80.8 cm³/mol. The van der Waals surface area contributed by atoms with E-state index in [0.29, 0.717) is 12.8 Å². The van der Waals surface area contributed by atoms with Crippen molar-refractivity contribution in [3.05, 3.63) is 34.9 Å². The van der Waals surface area contributed by atoms with Gasteiger partial charge in [-0.15, -0.1) is 0 Å². The Labute approximate surface area is 142 Å². The minimum Gasteiger partial charge on any atom is -0.395 e. The van der Waals surface area contributed by atoms with Gasteiger partial charge < -0.3 is 10.4 Å². The molecular weight excluding hydrogens is 348 g/mol. The molecule has 1 aliphatic rings. The topological polar surface area (TPSA) is 32.3 Å². The molecule has 0 amide bonds. The van der Waals surface area contributed by atoms with Crippen LogP contribution in [-0.2, 0) is 12.4 Å². The standard InChI is InChI=1S/C17H21F6NO/c1-2-3-10-4-5-14(24-15(10)9-25)11-6-12(16(18,19)20)8-13(7-11)17(21,22)23/h6-8,10,14-15,24-25H,2-5,9H2,1H3. The van der Waals surface area contributed by atoms with Crippen LogP contribution in [0.1, 0.15) is 55.3 Å². The Balaban J connectivity index is 2.35. The van der Waals surface area contributed by atoms with Crippen LogP contribution >= 0.6 is 0 Å². The quantitative estimate of drug-likeness (QED) is 0.738. The Morgan fingerprint density at radius 1 is 1.00 bits per heavy atom. The minimum absolute atomic E-state index is 0.0458. The van der Waals surface area contributed by atoms with Crippen LogP contribution in [0, 0.1) is 5.92 Å². The van der Waals surface area contributed by atoms with E-state index in [0.717, 1.165) is 25.0 Å². The van der Waals surface area contributed by atoms with Crippen LogP contribution in [0.5, 0.6) is 0 Å². The van der Waals surface area contributed by atoms with Crippen LogP contribution in [0.2, 0.25) is 0 Å². The normalized spacial score (nSPS) is 25.2. The molecule has 0 aliphatic carbocycles. The Kier molecular flexibility index (Phi) is 6.04. The molecule has 2 rings (SSSR count). The molecule has 8 heteroatoms. The Bertz CT molecular complexity index is 551. The van der Waals surface area contributed by atoms with Crippen LogP contribution in [0.3, 0.4) is 0 Å². The van der Waals surface area contributed by atoms with Crippen LogP contribution in [0.15, 0.2) is 18.2 Å². The summed E-state index contributed by atoms with van der Waals surface area (Å²) in [4.78, 5) is 0. The number of aliphatic hydroxyl groups is 1. The summed E-state index contributed by atoms with van der Waals surface area (Å²) in [7, 11) is 0. The van der Waals surface area contributed by atoms with Crippen molar-refractivity contribution in [3.8, 4) is 0 Å². The maximum Gasteiger partial charge on any atom is 0.416 e. The van der Waals surface area contributed by atoms with Crippen molar-refractivity contribution in [2.45, 2.75) is 57.0 Å². The minimum atomic E-state index is -4.86. The van der Waals surface area contributed by atoms with E-state index >= 15 is 0 Å². The molecule has 1 saturated heterocycles. The molecule has 0 aromatic heterocycles. The highest BCUT2D eigenvalue weighted by atomic mass is 19.4. The molecule has 0 saturated carbocycles. The van der Waals surface area contributed by atoms with Gasteiger partial charge in [0.1, 0.15) is 0 Å². The summed E-state index contributed by atoms with van der Waals surface area (Å²) in [5, 5.41) is 12.5. The van der Waals surface area contributed by atoms with Gasteiger partial charge in [-0.2, -0.15) is 26.3 Å². The molecule has 2 nitrogen and oxygen atoms in total. The number of rotatable bonds is 4. The summed E-state index contributed by atoms with van der Waals surface area (Å²) < 4.78 is 77.9. The van der Waals surface area contributed by atoms with Gasteiger partial charge in [0.05, 0.1) is 17.7 Å². The van der Waals surface area contributed by atoms with E-state index in [4.69, 9.17) is 0 Å². The Morgan fingerprint density at radius 2 is 1.56 bits per heavy atom. The summed E-state index contributed by atoms with van der Waals surface area (Å²) >= 11 is 0. The van der Waals surface area contributed by atoms with Crippen molar-refractivity contribution >= 4 is 0 Å². The third kappa shape index (κ3) is 4.88. The highest BCUT2D eigenvalue weighted by molar-refractivity contribution is 5.35. The van der Waals surface area contributed by atoms with Crippen LogP contribution in [0.25, 0.3) is 0 Å². The van der Waals surface area contributed by atoms with E-state index in [-0.39, 0.29) is 30.2 Å². The van der Waals surface area contributed by atoms with E-state index in [1.54, 1.807) is 0 Å². The fourth-order valence-corrected chi connectivity index (χ4v) is 3.42. The SMILES string of the molecule is CCCC1CCC(c2cc(C(F)(F)F)cc(C(F)(F)F)c2)NC1CO. The van der Waals surface area contributed by atoms with Gasteiger partial charge in [0, 0.05) is 12.1 Å². The molecule has 25 heavy (non-hydrogen) atoms. The third-order valence-corrected chi connectivity index (χ3v) is 4.68. The van der Waals surface area contributed by atoms with Gasteiger partial charge in [-0.1, -0.05) is 13.3 Å². The molecule has 3 unspecified atom stereocenters. The first kappa shape index (κ1) is 20.0. The predicted octanol–water partition coefficient (Wildman–Crippen LogP) is 4.93. The van der Waals surface area contributed by atoms with Gasteiger partial charge in [-0.05, 0) is 48.9 Å². The van der Waals surface area contributed by atoms with Gasteiger partial charge in [0.25, 0.3) is 0 Å². The number of hydrogen-bond acceptors (Lipinski definition) is 2. The molecule has 1 aliphatic heterocycles. The largest absolute Gasteiger partial charge is 0.416 e. The Hall–Kier alpha value is -1.28. The lowest BCUT2D eigenvalue weighted by Crippen LogP contribution is -2.45. The first-order valence-electron chi connectivity index (χ1n) is 8.22. The van der Waals surface area contributed by atoms with Crippen LogP contribution in [0.4, 0.5) is 26.3 Å². The molecule has 1 aromatic carbocycles. The van der Waals surface area contributed by atoms with Crippen molar-refractivity contribution in [2.24, 2.45) is 5.92 Å². The summed E-state index contributed by atoms with van der Waals surface area (Å²) in [6.45, 7) is 1.79. The van der Waals surface area contributed by atoms with E-state index < -0.39 is 29.5 Å². The molecular formula is C17H21F6NO. The maximum absolute atomic E-state index is 13.0. The van der Waals surface area contributed by atoms with Gasteiger partial charge in [0.2, 0.25) is 0 Å². The van der Waals surface area contributed by atoms with E-state index in [1.807, 2.05) is 6.92 Å². The number of nitrogens with one attached hydrogen (secondary N) is 1. The first-order chi connectivity index (χ1) is 11.6. The summed E-state index contributed by atoms with van der Waals surface area (Å²) in [6, 6.07) is 0.690. The summed E-state index contributed by atoms with van der Waals surface area (Å²) in [6.07, 6.45) is -6.89. The van der Waals surface area contributed by atoms with Gasteiger partial charge in [0.15, 0.2) is 0 Å². The lowest BCUT2D eigenvalue weighted by atomic mass is 9.82. The van der Waals surface area contributed by atoms with Crippen LogP contribution < -0.4 is 5.32 Å². The Morgan fingerprint density at radius 3 is 2.00 bits per heavy atom. The van der Waals surface area contributed by atoms with Crippen LogP contribution in [-0.4, -0.2) is 17.8 Å². The first-order valence-corrected chi connectivity index (χ1v) is 8.22. The van der Waals surface area contributed by atoms with Crippen molar-refractivity contribution in [1.29, 1.82) is 0 Å². The average molecular weight is 369 g/mol. The van der Waals surface area contributed by atoms with Crippen molar-refractivity contribution in [3.63, 3.8) is 0 Å². The molecule has 0 radical (unpaired) electrons. The molecule has 3 atom stereocenters. The second kappa shape index (κ2) is 7.53. The van der Waals surface area contributed by atoms with E-state index in [1.165, 1.54) is 0 Å². The molecule has 142 valence electrons. The highest BCUT2D eigenvalue weighted by Gasteiger charge is 2.38. The summed E-state index contributed by atoms with van der Waals surface area (Å²) in [5.74, 6) is 0.166. The molecule has 1 heterocycles. The number of halogens is 6. The lowest BCUT2D eigenvalue weighted by Gasteiger charge is -2.37. The fraction of sp³-hybridized carbons (Fsp3) is 0.647. The lowest BCUT2D eigenvalue weighted by molar-refractivity contribution is -0.143. The van der Waals surface area contributed by atoms with Gasteiger partial charge >= 0.3 is 12.4 Å². The second-order valence-corrected chi connectivity index (χ2v) is 6.47. The van der Waals surface area contributed by atoms with Crippen molar-refractivity contribution in [1.82, 2.24) is 5.32 Å². The molecule has 0 spiro atoms. The van der Waals surface area contributed by atoms with E-state index in [9.17, 15) is 31.4 Å². The average Bonchev–Trinajstić information content (AvgIpc) is 2.53. The number of benzene rings is 1. The second-order valence-electron chi connectivity index (χ2n) is 6.47. The van der Waals surface area contributed by atoms with Crippen molar-refractivity contribution < 1.29 is 31.4 Å². The fourth-order valence-electron chi connectivity index (χ4n) is 3.42. The smallest absolute Gasteiger partial charge is 0.395 e. The zero-order chi connectivity index (χ0) is 18.8. The molecule has 1 fully saturated rings. The zero-order valence-electron chi connectivity index (χ0n) is 13.7. The number of piperidine rings is 1. The van der Waals surface area contributed by atoms with Gasteiger partial charge in [-0.3, -0.25) is 0 Å². The number of hydrogen-bond donors (Lipinski definition) is 2. The number of aliphatic hydroxyl groups excluding tert-OH is 1. The molecule has 1 aromatic rings. The molecule has 0 bridgehead atoms. The maximum atomic E-state index is 13.0. The van der Waals surface area contributed by atoms with Gasteiger partial charge in [-0.25, -0.2) is 0 Å². The monoisotopic (exact) mass is 369 g/mol. The zero-order valence-corrected chi connectivity index (χ0v) is 13.7.